The minimum atomic E-state index is -0.579. The van der Waals surface area contributed by atoms with Gasteiger partial charge in [0.2, 0.25) is 6.79 Å². The summed E-state index contributed by atoms with van der Waals surface area (Å²) >= 11 is 6.23. The number of nitrogens with one attached hydrogen (secondary N) is 1. The average molecular weight is 355 g/mol. The fraction of sp³-hybridized carbons (Fsp3) is 0.588. The zero-order chi connectivity index (χ0) is 17.1. The number of urea groups is 1. The third-order valence-electron chi connectivity index (χ3n) is 4.44. The first kappa shape index (κ1) is 17.2. The molecule has 1 aromatic carbocycles. The first-order valence-electron chi connectivity index (χ1n) is 8.39. The number of aliphatic hydroxyl groups is 1. The van der Waals surface area contributed by atoms with Gasteiger partial charge in [-0.2, -0.15) is 0 Å². The van der Waals surface area contributed by atoms with Crippen LogP contribution in [0.4, 0.5) is 10.5 Å². The molecule has 2 aliphatic rings. The normalized spacial score (nSPS) is 18.3. The van der Waals surface area contributed by atoms with E-state index in [-0.39, 0.29) is 18.9 Å². The number of hydrogen-bond donors (Lipinski definition) is 2. The van der Waals surface area contributed by atoms with Crippen molar-refractivity contribution in [2.75, 3.05) is 18.7 Å². The number of ether oxygens (including phenoxy) is 2. The first-order valence-corrected chi connectivity index (χ1v) is 8.77. The molecule has 1 aliphatic carbocycles. The van der Waals surface area contributed by atoms with E-state index < -0.39 is 6.10 Å². The third-order valence-corrected chi connectivity index (χ3v) is 4.75. The molecule has 1 fully saturated rings. The fourth-order valence-corrected chi connectivity index (χ4v) is 3.48. The summed E-state index contributed by atoms with van der Waals surface area (Å²) in [5.41, 5.74) is 0.484. The highest BCUT2D eigenvalue weighted by molar-refractivity contribution is 6.34. The quantitative estimate of drug-likeness (QED) is 0.866. The van der Waals surface area contributed by atoms with E-state index >= 15 is 0 Å². The van der Waals surface area contributed by atoms with Gasteiger partial charge < -0.3 is 24.8 Å². The van der Waals surface area contributed by atoms with Crippen LogP contribution in [-0.4, -0.2) is 41.5 Å². The lowest BCUT2D eigenvalue weighted by molar-refractivity contribution is 0.105. The molecule has 1 atom stereocenters. The summed E-state index contributed by atoms with van der Waals surface area (Å²) in [5, 5.41) is 13.0. The van der Waals surface area contributed by atoms with Crippen molar-refractivity contribution in [2.45, 2.75) is 51.2 Å². The number of amides is 2. The standard InChI is InChI=1S/C17H23ClN2O4/c1-11(21)9-20(12-5-3-2-4-6-12)17(22)19-14-8-16-15(7-13(14)18)23-10-24-16/h7-8,11-12,21H,2-6,9-10H2,1H3,(H,19,22). The molecular formula is C17H23ClN2O4. The molecule has 0 bridgehead atoms. The molecule has 1 aromatic rings. The van der Waals surface area contributed by atoms with Crippen LogP contribution in [0.15, 0.2) is 12.1 Å². The molecule has 0 radical (unpaired) electrons. The molecule has 1 saturated carbocycles. The van der Waals surface area contributed by atoms with Gasteiger partial charge in [0.15, 0.2) is 11.5 Å². The Kier molecular flexibility index (Phi) is 5.36. The molecule has 1 heterocycles. The molecule has 7 heteroatoms. The fourth-order valence-electron chi connectivity index (χ4n) is 3.28. The second kappa shape index (κ2) is 7.49. The van der Waals surface area contributed by atoms with Crippen molar-refractivity contribution in [3.05, 3.63) is 17.2 Å². The van der Waals surface area contributed by atoms with Crippen molar-refractivity contribution in [3.63, 3.8) is 0 Å². The maximum absolute atomic E-state index is 12.8. The van der Waals surface area contributed by atoms with Crippen LogP contribution in [-0.2, 0) is 0 Å². The molecular weight excluding hydrogens is 332 g/mol. The van der Waals surface area contributed by atoms with Gasteiger partial charge in [0, 0.05) is 24.7 Å². The predicted molar refractivity (Wildman–Crippen MR) is 91.9 cm³/mol. The van der Waals surface area contributed by atoms with Gasteiger partial charge in [-0.05, 0) is 19.8 Å². The van der Waals surface area contributed by atoms with Gasteiger partial charge in [-0.1, -0.05) is 30.9 Å². The topological polar surface area (TPSA) is 71.0 Å². The number of anilines is 1. The van der Waals surface area contributed by atoms with Gasteiger partial charge in [-0.25, -0.2) is 4.79 Å². The van der Waals surface area contributed by atoms with Crippen molar-refractivity contribution in [1.29, 1.82) is 0 Å². The van der Waals surface area contributed by atoms with Crippen molar-refractivity contribution >= 4 is 23.3 Å². The van der Waals surface area contributed by atoms with Crippen LogP contribution in [0, 0.1) is 0 Å². The highest BCUT2D eigenvalue weighted by Crippen LogP contribution is 2.39. The molecule has 1 aliphatic heterocycles. The Bertz CT molecular complexity index is 602. The second-order valence-electron chi connectivity index (χ2n) is 6.41. The number of carbonyl (C=O) groups excluding carboxylic acids is 1. The zero-order valence-corrected chi connectivity index (χ0v) is 14.5. The lowest BCUT2D eigenvalue weighted by Gasteiger charge is -2.35. The second-order valence-corrected chi connectivity index (χ2v) is 6.82. The van der Waals surface area contributed by atoms with Gasteiger partial charge >= 0.3 is 6.03 Å². The van der Waals surface area contributed by atoms with Crippen molar-refractivity contribution in [3.8, 4) is 11.5 Å². The van der Waals surface area contributed by atoms with Crippen molar-refractivity contribution in [1.82, 2.24) is 4.90 Å². The Balaban J connectivity index is 1.75. The van der Waals surface area contributed by atoms with Crippen molar-refractivity contribution < 1.29 is 19.4 Å². The van der Waals surface area contributed by atoms with E-state index in [0.717, 1.165) is 25.7 Å². The number of nitrogens with zero attached hydrogens (tertiary/aromatic N) is 1. The van der Waals surface area contributed by atoms with E-state index in [1.165, 1.54) is 6.42 Å². The van der Waals surface area contributed by atoms with Gasteiger partial charge in [0.25, 0.3) is 0 Å². The average Bonchev–Trinajstić information content (AvgIpc) is 3.00. The maximum Gasteiger partial charge on any atom is 0.322 e. The van der Waals surface area contributed by atoms with Crippen LogP contribution in [0.25, 0.3) is 0 Å². The number of carbonyl (C=O) groups is 1. The summed E-state index contributed by atoms with van der Waals surface area (Å²) in [5.74, 6) is 1.14. The summed E-state index contributed by atoms with van der Waals surface area (Å²) in [4.78, 5) is 14.5. The molecule has 2 amide bonds. The highest BCUT2D eigenvalue weighted by atomic mass is 35.5. The Morgan fingerprint density at radius 1 is 1.33 bits per heavy atom. The lowest BCUT2D eigenvalue weighted by Crippen LogP contribution is -2.47. The Labute approximate surface area is 146 Å². The number of halogens is 1. The smallest absolute Gasteiger partial charge is 0.322 e. The van der Waals surface area contributed by atoms with E-state index in [9.17, 15) is 9.90 Å². The number of hydrogen-bond acceptors (Lipinski definition) is 4. The van der Waals surface area contributed by atoms with E-state index in [2.05, 4.69) is 5.32 Å². The van der Waals surface area contributed by atoms with E-state index in [0.29, 0.717) is 28.8 Å². The minimum Gasteiger partial charge on any atom is -0.454 e. The summed E-state index contributed by atoms with van der Waals surface area (Å²) < 4.78 is 10.6. The lowest BCUT2D eigenvalue weighted by atomic mass is 9.94. The molecule has 0 saturated heterocycles. The van der Waals surface area contributed by atoms with E-state index in [1.54, 1.807) is 24.0 Å². The Morgan fingerprint density at radius 2 is 2.00 bits per heavy atom. The summed E-state index contributed by atoms with van der Waals surface area (Å²) in [6, 6.07) is 3.22. The maximum atomic E-state index is 12.8. The Morgan fingerprint density at radius 3 is 2.67 bits per heavy atom. The van der Waals surface area contributed by atoms with Gasteiger partial charge in [-0.3, -0.25) is 0 Å². The van der Waals surface area contributed by atoms with Crippen LogP contribution in [0.3, 0.4) is 0 Å². The van der Waals surface area contributed by atoms with Gasteiger partial charge in [0.05, 0.1) is 16.8 Å². The number of rotatable bonds is 4. The molecule has 0 spiro atoms. The molecule has 2 N–H and O–H groups in total. The van der Waals surface area contributed by atoms with E-state index in [1.807, 2.05) is 0 Å². The van der Waals surface area contributed by atoms with Crippen LogP contribution >= 0.6 is 11.6 Å². The Hall–Kier alpha value is -1.66. The third kappa shape index (κ3) is 3.87. The number of benzene rings is 1. The molecule has 24 heavy (non-hydrogen) atoms. The van der Waals surface area contributed by atoms with Gasteiger partial charge in [-0.15, -0.1) is 0 Å². The largest absolute Gasteiger partial charge is 0.454 e. The number of fused-ring (bicyclic) bond motifs is 1. The van der Waals surface area contributed by atoms with Crippen LogP contribution in [0.1, 0.15) is 39.0 Å². The van der Waals surface area contributed by atoms with Crippen LogP contribution < -0.4 is 14.8 Å². The minimum absolute atomic E-state index is 0.152. The monoisotopic (exact) mass is 354 g/mol. The SMILES string of the molecule is CC(O)CN(C(=O)Nc1cc2c(cc1Cl)OCO2)C1CCCCC1. The summed E-state index contributed by atoms with van der Waals surface area (Å²) in [6.07, 6.45) is 4.78. The van der Waals surface area contributed by atoms with Crippen LogP contribution in [0.2, 0.25) is 5.02 Å². The van der Waals surface area contributed by atoms with Crippen molar-refractivity contribution in [2.24, 2.45) is 0 Å². The molecule has 1 unspecified atom stereocenters. The summed E-state index contributed by atoms with van der Waals surface area (Å²) in [7, 11) is 0. The van der Waals surface area contributed by atoms with E-state index in [4.69, 9.17) is 21.1 Å². The molecule has 3 rings (SSSR count). The van der Waals surface area contributed by atoms with Crippen LogP contribution in [0.5, 0.6) is 11.5 Å². The molecule has 6 nitrogen and oxygen atoms in total. The first-order chi connectivity index (χ1) is 11.5. The summed E-state index contributed by atoms with van der Waals surface area (Å²) in [6.45, 7) is 2.15. The highest BCUT2D eigenvalue weighted by Gasteiger charge is 2.27. The predicted octanol–water partition coefficient (Wildman–Crippen LogP) is 3.62. The number of aliphatic hydroxyl groups excluding tert-OH is 1. The van der Waals surface area contributed by atoms with Gasteiger partial charge in [0.1, 0.15) is 0 Å². The zero-order valence-electron chi connectivity index (χ0n) is 13.8. The molecule has 132 valence electrons. The molecule has 0 aromatic heterocycles.